The van der Waals surface area contributed by atoms with Crippen LogP contribution in [0.5, 0.6) is 0 Å². The molecular formula is C11H14N2O. The van der Waals surface area contributed by atoms with E-state index in [4.69, 9.17) is 4.84 Å². The van der Waals surface area contributed by atoms with Crippen LogP contribution >= 0.6 is 0 Å². The lowest BCUT2D eigenvalue weighted by Gasteiger charge is -2.04. The fourth-order valence-electron chi connectivity index (χ4n) is 1.43. The van der Waals surface area contributed by atoms with Gasteiger partial charge in [0.15, 0.2) is 0 Å². The Balaban J connectivity index is 1.82. The standard InChI is InChI=1S/C11H14N2O/c1-2-4-10(5-3-1)8-13-14-11-6-7-12-9-11/h1-5,8,11-12H,6-7,9H2/t11-/m1/s1. The van der Waals surface area contributed by atoms with E-state index in [2.05, 4.69) is 10.5 Å². The van der Waals surface area contributed by atoms with Gasteiger partial charge >= 0.3 is 0 Å². The van der Waals surface area contributed by atoms with Crippen LogP contribution in [0.3, 0.4) is 0 Å². The summed E-state index contributed by atoms with van der Waals surface area (Å²) in [7, 11) is 0. The maximum absolute atomic E-state index is 5.31. The molecule has 1 aliphatic heterocycles. The summed E-state index contributed by atoms with van der Waals surface area (Å²) in [5, 5.41) is 7.18. The van der Waals surface area contributed by atoms with Crippen LogP contribution in [-0.2, 0) is 4.84 Å². The highest BCUT2D eigenvalue weighted by atomic mass is 16.6. The molecule has 0 aliphatic carbocycles. The van der Waals surface area contributed by atoms with E-state index in [0.29, 0.717) is 0 Å². The normalized spacial score (nSPS) is 21.6. The first-order valence-corrected chi connectivity index (χ1v) is 4.90. The van der Waals surface area contributed by atoms with Gasteiger partial charge in [-0.15, -0.1) is 0 Å². The number of oxime groups is 1. The van der Waals surface area contributed by atoms with Gasteiger partial charge in [-0.1, -0.05) is 35.5 Å². The van der Waals surface area contributed by atoms with E-state index < -0.39 is 0 Å². The molecule has 0 amide bonds. The van der Waals surface area contributed by atoms with E-state index in [1.165, 1.54) is 0 Å². The Labute approximate surface area is 83.8 Å². The molecule has 0 unspecified atom stereocenters. The maximum atomic E-state index is 5.31. The Bertz CT molecular complexity index is 291. The summed E-state index contributed by atoms with van der Waals surface area (Å²) < 4.78 is 0. The molecule has 1 atom stereocenters. The quantitative estimate of drug-likeness (QED) is 0.577. The molecule has 0 bridgehead atoms. The SMILES string of the molecule is C(=NO[C@@H]1CCNC1)c1ccccc1. The topological polar surface area (TPSA) is 33.6 Å². The van der Waals surface area contributed by atoms with Crippen LogP contribution in [0, 0.1) is 0 Å². The highest BCUT2D eigenvalue weighted by Crippen LogP contribution is 2.03. The van der Waals surface area contributed by atoms with Gasteiger partial charge in [0.2, 0.25) is 0 Å². The molecule has 14 heavy (non-hydrogen) atoms. The molecule has 1 fully saturated rings. The lowest BCUT2D eigenvalue weighted by atomic mass is 10.2. The van der Waals surface area contributed by atoms with Crippen molar-refractivity contribution in [3.05, 3.63) is 35.9 Å². The van der Waals surface area contributed by atoms with E-state index in [0.717, 1.165) is 25.1 Å². The van der Waals surface area contributed by atoms with E-state index in [1.54, 1.807) is 6.21 Å². The molecule has 1 aliphatic rings. The molecule has 0 saturated carbocycles. The Hall–Kier alpha value is -1.35. The summed E-state index contributed by atoms with van der Waals surface area (Å²) in [5.41, 5.74) is 1.07. The second kappa shape index (κ2) is 4.77. The van der Waals surface area contributed by atoms with E-state index in [-0.39, 0.29) is 6.10 Å². The van der Waals surface area contributed by atoms with Crippen molar-refractivity contribution in [1.29, 1.82) is 0 Å². The van der Waals surface area contributed by atoms with Crippen molar-refractivity contribution in [2.45, 2.75) is 12.5 Å². The predicted molar refractivity (Wildman–Crippen MR) is 56.4 cm³/mol. The van der Waals surface area contributed by atoms with Crippen LogP contribution in [0.1, 0.15) is 12.0 Å². The number of nitrogens with zero attached hydrogens (tertiary/aromatic N) is 1. The lowest BCUT2D eigenvalue weighted by molar-refractivity contribution is 0.0749. The number of nitrogens with one attached hydrogen (secondary N) is 1. The average Bonchev–Trinajstić information content (AvgIpc) is 2.72. The Morgan fingerprint density at radius 1 is 1.36 bits per heavy atom. The molecule has 1 aromatic carbocycles. The van der Waals surface area contributed by atoms with Gasteiger partial charge in [-0.05, 0) is 12.1 Å². The molecular weight excluding hydrogens is 176 g/mol. The van der Waals surface area contributed by atoms with Crippen molar-refractivity contribution in [3.8, 4) is 0 Å². The van der Waals surface area contributed by atoms with Gasteiger partial charge in [0.25, 0.3) is 0 Å². The Morgan fingerprint density at radius 2 is 2.21 bits per heavy atom. The van der Waals surface area contributed by atoms with Crippen molar-refractivity contribution in [1.82, 2.24) is 5.32 Å². The zero-order chi connectivity index (χ0) is 9.64. The summed E-state index contributed by atoms with van der Waals surface area (Å²) in [5.74, 6) is 0. The van der Waals surface area contributed by atoms with Gasteiger partial charge in [0, 0.05) is 13.0 Å². The van der Waals surface area contributed by atoms with Gasteiger partial charge in [0.1, 0.15) is 6.10 Å². The van der Waals surface area contributed by atoms with Gasteiger partial charge in [-0.25, -0.2) is 0 Å². The molecule has 0 aromatic heterocycles. The highest BCUT2D eigenvalue weighted by molar-refractivity contribution is 5.78. The fourth-order valence-corrected chi connectivity index (χ4v) is 1.43. The highest BCUT2D eigenvalue weighted by Gasteiger charge is 2.14. The minimum Gasteiger partial charge on any atom is -0.391 e. The Kier molecular flexibility index (Phi) is 3.14. The van der Waals surface area contributed by atoms with Crippen LogP contribution in [0.15, 0.2) is 35.5 Å². The summed E-state index contributed by atoms with van der Waals surface area (Å²) in [4.78, 5) is 5.31. The molecule has 74 valence electrons. The number of hydrogen-bond acceptors (Lipinski definition) is 3. The molecule has 3 nitrogen and oxygen atoms in total. The number of rotatable bonds is 3. The third kappa shape index (κ3) is 2.57. The van der Waals surface area contributed by atoms with Crippen molar-refractivity contribution in [2.24, 2.45) is 5.16 Å². The maximum Gasteiger partial charge on any atom is 0.141 e. The summed E-state index contributed by atoms with van der Waals surface area (Å²) in [6.07, 6.45) is 3.04. The predicted octanol–water partition coefficient (Wildman–Crippen LogP) is 1.40. The lowest BCUT2D eigenvalue weighted by Crippen LogP contribution is -2.14. The molecule has 1 aromatic rings. The Morgan fingerprint density at radius 3 is 2.93 bits per heavy atom. The van der Waals surface area contributed by atoms with Gasteiger partial charge in [0.05, 0.1) is 6.21 Å². The van der Waals surface area contributed by atoms with Crippen LogP contribution in [0.2, 0.25) is 0 Å². The van der Waals surface area contributed by atoms with Crippen molar-refractivity contribution < 1.29 is 4.84 Å². The smallest absolute Gasteiger partial charge is 0.141 e. The second-order valence-electron chi connectivity index (χ2n) is 3.37. The molecule has 1 saturated heterocycles. The summed E-state index contributed by atoms with van der Waals surface area (Å²) in [6, 6.07) is 9.95. The average molecular weight is 190 g/mol. The third-order valence-corrected chi connectivity index (χ3v) is 2.23. The minimum atomic E-state index is 0.245. The number of hydrogen-bond donors (Lipinski definition) is 1. The first-order valence-electron chi connectivity index (χ1n) is 4.90. The third-order valence-electron chi connectivity index (χ3n) is 2.23. The van der Waals surface area contributed by atoms with Gasteiger partial charge in [-0.3, -0.25) is 0 Å². The van der Waals surface area contributed by atoms with Crippen molar-refractivity contribution in [3.63, 3.8) is 0 Å². The molecule has 0 radical (unpaired) electrons. The zero-order valence-corrected chi connectivity index (χ0v) is 8.02. The summed E-state index contributed by atoms with van der Waals surface area (Å²) >= 11 is 0. The molecule has 3 heteroatoms. The van der Waals surface area contributed by atoms with Crippen LogP contribution in [0.4, 0.5) is 0 Å². The fraction of sp³-hybridized carbons (Fsp3) is 0.364. The number of benzene rings is 1. The molecule has 1 N–H and O–H groups in total. The zero-order valence-electron chi connectivity index (χ0n) is 8.02. The van der Waals surface area contributed by atoms with Crippen LogP contribution in [-0.4, -0.2) is 25.4 Å². The van der Waals surface area contributed by atoms with E-state index >= 15 is 0 Å². The van der Waals surface area contributed by atoms with Crippen molar-refractivity contribution >= 4 is 6.21 Å². The van der Waals surface area contributed by atoms with E-state index in [1.807, 2.05) is 30.3 Å². The largest absolute Gasteiger partial charge is 0.391 e. The first-order chi connectivity index (χ1) is 6.95. The molecule has 1 heterocycles. The second-order valence-corrected chi connectivity index (χ2v) is 3.37. The van der Waals surface area contributed by atoms with Gasteiger partial charge < -0.3 is 10.2 Å². The monoisotopic (exact) mass is 190 g/mol. The first kappa shape index (κ1) is 9.21. The van der Waals surface area contributed by atoms with Crippen molar-refractivity contribution in [2.75, 3.05) is 13.1 Å². The molecule has 0 spiro atoms. The molecule has 2 rings (SSSR count). The minimum absolute atomic E-state index is 0.245. The van der Waals surface area contributed by atoms with Crippen LogP contribution in [0.25, 0.3) is 0 Å². The summed E-state index contributed by atoms with van der Waals surface area (Å²) in [6.45, 7) is 1.94. The van der Waals surface area contributed by atoms with E-state index in [9.17, 15) is 0 Å². The van der Waals surface area contributed by atoms with Gasteiger partial charge in [-0.2, -0.15) is 0 Å². The van der Waals surface area contributed by atoms with Crippen LogP contribution < -0.4 is 5.32 Å².